The van der Waals surface area contributed by atoms with Crippen molar-refractivity contribution in [3.05, 3.63) is 53.4 Å². The first-order chi connectivity index (χ1) is 16.4. The molecule has 9 heteroatoms. The minimum Gasteiger partial charge on any atom is -0.507 e. The maximum absolute atomic E-state index is 13.2. The second-order valence-electron chi connectivity index (χ2n) is 7.71. The number of ketones is 1. The van der Waals surface area contributed by atoms with E-state index in [0.29, 0.717) is 41.5 Å². The van der Waals surface area contributed by atoms with Crippen LogP contribution in [0.4, 0.5) is 0 Å². The predicted molar refractivity (Wildman–Crippen MR) is 127 cm³/mol. The molecule has 182 valence electrons. The number of methoxy groups -OCH3 is 3. The van der Waals surface area contributed by atoms with Gasteiger partial charge in [0.1, 0.15) is 5.76 Å². The molecule has 9 nitrogen and oxygen atoms in total. The normalized spacial score (nSPS) is 17.4. The van der Waals surface area contributed by atoms with Gasteiger partial charge in [-0.3, -0.25) is 14.6 Å². The molecule has 0 aliphatic carbocycles. The van der Waals surface area contributed by atoms with E-state index in [1.54, 1.807) is 24.3 Å². The summed E-state index contributed by atoms with van der Waals surface area (Å²) < 4.78 is 16.4. The summed E-state index contributed by atoms with van der Waals surface area (Å²) in [7, 11) is 4.49. The van der Waals surface area contributed by atoms with Gasteiger partial charge in [0.05, 0.1) is 32.9 Å². The van der Waals surface area contributed by atoms with Crippen molar-refractivity contribution < 1.29 is 28.9 Å². The molecule has 0 bridgehead atoms. The number of carbonyl (C=O) groups excluding carboxylic acids is 2. The van der Waals surface area contributed by atoms with Crippen molar-refractivity contribution in [3.63, 3.8) is 0 Å². The Balaban J connectivity index is 2.21. The minimum atomic E-state index is -0.836. The molecule has 1 aromatic heterocycles. The zero-order valence-electron chi connectivity index (χ0n) is 20.2. The first-order valence-corrected chi connectivity index (χ1v) is 11.1. The van der Waals surface area contributed by atoms with Gasteiger partial charge in [-0.05, 0) is 42.9 Å². The molecule has 1 N–H and O–H groups in total. The molecule has 34 heavy (non-hydrogen) atoms. The fourth-order valence-corrected chi connectivity index (χ4v) is 4.17. The number of nitrogens with zero attached hydrogens (tertiary/aromatic N) is 3. The van der Waals surface area contributed by atoms with E-state index < -0.39 is 17.7 Å². The Bertz CT molecular complexity index is 1040. The zero-order valence-corrected chi connectivity index (χ0v) is 20.2. The summed E-state index contributed by atoms with van der Waals surface area (Å²) >= 11 is 0. The number of carbonyl (C=O) groups is 2. The molecule has 0 spiro atoms. The molecule has 3 rings (SSSR count). The van der Waals surface area contributed by atoms with Gasteiger partial charge in [0.15, 0.2) is 11.5 Å². The van der Waals surface area contributed by atoms with Crippen LogP contribution in [0.25, 0.3) is 5.76 Å². The van der Waals surface area contributed by atoms with Crippen LogP contribution in [0.2, 0.25) is 0 Å². The van der Waals surface area contributed by atoms with Crippen LogP contribution in [0.3, 0.4) is 0 Å². The Morgan fingerprint density at radius 3 is 2.12 bits per heavy atom. The third kappa shape index (κ3) is 4.70. The molecule has 0 saturated carbocycles. The SMILES string of the molecule is CCN(CC)CCN1C(=O)C(=O)/C(=C(/O)c2ccncc2)[C@@H]1c1cc(OC)c(OC)c(OC)c1. The van der Waals surface area contributed by atoms with Crippen molar-refractivity contribution in [1.29, 1.82) is 0 Å². The van der Waals surface area contributed by atoms with Crippen LogP contribution in [-0.2, 0) is 9.59 Å². The molecule has 2 aromatic rings. The van der Waals surface area contributed by atoms with Gasteiger partial charge in [-0.15, -0.1) is 0 Å². The van der Waals surface area contributed by atoms with Crippen molar-refractivity contribution in [1.82, 2.24) is 14.8 Å². The summed E-state index contributed by atoms with van der Waals surface area (Å²) in [6, 6.07) is 5.73. The smallest absolute Gasteiger partial charge is 0.295 e. The van der Waals surface area contributed by atoms with Crippen LogP contribution >= 0.6 is 0 Å². The van der Waals surface area contributed by atoms with Crippen LogP contribution < -0.4 is 14.2 Å². The van der Waals surface area contributed by atoms with E-state index in [-0.39, 0.29) is 11.3 Å². The molecule has 1 saturated heterocycles. The number of aliphatic hydroxyl groups is 1. The number of likely N-dealkylation sites (N-methyl/N-ethyl adjacent to an activating group) is 1. The second-order valence-corrected chi connectivity index (χ2v) is 7.71. The van der Waals surface area contributed by atoms with Crippen LogP contribution in [0, 0.1) is 0 Å². The topological polar surface area (TPSA) is 101 Å². The number of hydrogen-bond donors (Lipinski definition) is 1. The lowest BCUT2D eigenvalue weighted by molar-refractivity contribution is -0.140. The highest BCUT2D eigenvalue weighted by molar-refractivity contribution is 6.46. The number of ether oxygens (including phenoxy) is 3. The number of benzene rings is 1. The van der Waals surface area contributed by atoms with Crippen LogP contribution in [0.15, 0.2) is 42.2 Å². The van der Waals surface area contributed by atoms with Crippen LogP contribution in [0.5, 0.6) is 17.2 Å². The quantitative estimate of drug-likeness (QED) is 0.322. The van der Waals surface area contributed by atoms with Gasteiger partial charge in [0, 0.05) is 31.0 Å². The molecule has 1 aromatic carbocycles. The first-order valence-electron chi connectivity index (χ1n) is 11.1. The second kappa shape index (κ2) is 11.0. The molecular formula is C25H31N3O6. The zero-order chi connectivity index (χ0) is 24.8. The number of aliphatic hydroxyl groups excluding tert-OH is 1. The summed E-state index contributed by atoms with van der Waals surface area (Å²) in [6.45, 7) is 6.59. The number of likely N-dealkylation sites (tertiary alicyclic amines) is 1. The number of pyridine rings is 1. The summed E-state index contributed by atoms with van der Waals surface area (Å²) in [4.78, 5) is 34.0. The van der Waals surface area contributed by atoms with E-state index in [2.05, 4.69) is 9.88 Å². The number of amides is 1. The molecule has 1 atom stereocenters. The highest BCUT2D eigenvalue weighted by Crippen LogP contribution is 2.45. The van der Waals surface area contributed by atoms with E-state index in [9.17, 15) is 14.7 Å². The van der Waals surface area contributed by atoms with Crippen molar-refractivity contribution in [2.24, 2.45) is 0 Å². The first kappa shape index (κ1) is 25.0. The fraction of sp³-hybridized carbons (Fsp3) is 0.400. The van der Waals surface area contributed by atoms with Gasteiger partial charge in [0.25, 0.3) is 11.7 Å². The number of rotatable bonds is 10. The van der Waals surface area contributed by atoms with Gasteiger partial charge >= 0.3 is 0 Å². The minimum absolute atomic E-state index is 0.00465. The predicted octanol–water partition coefficient (Wildman–Crippen LogP) is 2.87. The van der Waals surface area contributed by atoms with E-state index in [1.807, 2.05) is 13.8 Å². The van der Waals surface area contributed by atoms with Gasteiger partial charge in [0.2, 0.25) is 5.75 Å². The van der Waals surface area contributed by atoms with E-state index in [4.69, 9.17) is 14.2 Å². The highest BCUT2D eigenvalue weighted by atomic mass is 16.5. The number of aromatic nitrogens is 1. The maximum atomic E-state index is 13.2. The third-order valence-electron chi connectivity index (χ3n) is 6.05. The van der Waals surface area contributed by atoms with Crippen LogP contribution in [-0.4, -0.2) is 79.1 Å². The van der Waals surface area contributed by atoms with Crippen LogP contribution in [0.1, 0.15) is 31.0 Å². The molecule has 0 radical (unpaired) electrons. The summed E-state index contributed by atoms with van der Waals surface area (Å²) in [5.41, 5.74) is 0.961. The molecule has 0 unspecified atom stereocenters. The standard InChI is InChI=1S/C25H31N3O6/c1-6-27(7-2)12-13-28-21(17-14-18(32-3)24(34-5)19(15-17)33-4)20(23(30)25(28)31)22(29)16-8-10-26-11-9-16/h8-11,14-15,21,29H,6-7,12-13H2,1-5H3/b22-20+/t21-/m0/s1. The van der Waals surface area contributed by atoms with Gasteiger partial charge in [-0.2, -0.15) is 0 Å². The van der Waals surface area contributed by atoms with Gasteiger partial charge in [-0.1, -0.05) is 13.8 Å². The summed E-state index contributed by atoms with van der Waals surface area (Å²) in [5, 5.41) is 11.1. The third-order valence-corrected chi connectivity index (χ3v) is 6.05. The molecular weight excluding hydrogens is 438 g/mol. The highest BCUT2D eigenvalue weighted by Gasteiger charge is 2.46. The lowest BCUT2D eigenvalue weighted by atomic mass is 9.95. The molecule has 1 aliphatic heterocycles. The average molecular weight is 470 g/mol. The Labute approximate surface area is 199 Å². The number of hydrogen-bond acceptors (Lipinski definition) is 8. The summed E-state index contributed by atoms with van der Waals surface area (Å²) in [5.74, 6) is -0.507. The van der Waals surface area contributed by atoms with Crippen molar-refractivity contribution in [2.75, 3.05) is 47.5 Å². The van der Waals surface area contributed by atoms with Crippen molar-refractivity contribution in [3.8, 4) is 17.2 Å². The Kier molecular flexibility index (Phi) is 8.12. The van der Waals surface area contributed by atoms with E-state index in [1.165, 1.54) is 38.6 Å². The van der Waals surface area contributed by atoms with E-state index >= 15 is 0 Å². The molecule has 1 aliphatic rings. The molecule has 1 fully saturated rings. The Morgan fingerprint density at radius 2 is 1.62 bits per heavy atom. The van der Waals surface area contributed by atoms with Gasteiger partial charge in [-0.25, -0.2) is 0 Å². The fourth-order valence-electron chi connectivity index (χ4n) is 4.17. The monoisotopic (exact) mass is 469 g/mol. The Morgan fingerprint density at radius 1 is 1.03 bits per heavy atom. The maximum Gasteiger partial charge on any atom is 0.295 e. The van der Waals surface area contributed by atoms with Gasteiger partial charge < -0.3 is 29.1 Å². The lowest BCUT2D eigenvalue weighted by Crippen LogP contribution is -2.38. The van der Waals surface area contributed by atoms with E-state index in [0.717, 1.165) is 13.1 Å². The van der Waals surface area contributed by atoms with Crippen molar-refractivity contribution in [2.45, 2.75) is 19.9 Å². The average Bonchev–Trinajstić information content (AvgIpc) is 3.13. The summed E-state index contributed by atoms with van der Waals surface area (Å²) in [6.07, 6.45) is 3.03. The lowest BCUT2D eigenvalue weighted by Gasteiger charge is -2.29. The largest absolute Gasteiger partial charge is 0.507 e. The molecule has 2 heterocycles. The van der Waals surface area contributed by atoms with Crippen molar-refractivity contribution >= 4 is 17.4 Å². The number of Topliss-reactive ketones (excluding diaryl/α,β-unsaturated/α-hetero) is 1. The Hall–Kier alpha value is -3.59. The molecule has 1 amide bonds.